The second-order valence-corrected chi connectivity index (χ2v) is 5.24. The van der Waals surface area contributed by atoms with Crippen LogP contribution in [0.15, 0.2) is 36.4 Å². The molecule has 3 nitrogen and oxygen atoms in total. The van der Waals surface area contributed by atoms with Crippen molar-refractivity contribution in [3.63, 3.8) is 0 Å². The molecular weight excluding hydrogens is 236 g/mol. The van der Waals surface area contributed by atoms with Crippen LogP contribution in [0, 0.1) is 0 Å². The van der Waals surface area contributed by atoms with Gasteiger partial charge in [0.2, 0.25) is 0 Å². The van der Waals surface area contributed by atoms with Gasteiger partial charge < -0.3 is 10.1 Å². The van der Waals surface area contributed by atoms with Gasteiger partial charge in [0, 0.05) is 32.2 Å². The van der Waals surface area contributed by atoms with E-state index in [1.165, 1.54) is 11.1 Å². The zero-order valence-electron chi connectivity index (χ0n) is 12.0. The maximum absolute atomic E-state index is 5.34. The summed E-state index contributed by atoms with van der Waals surface area (Å²) in [5.41, 5.74) is 2.55. The van der Waals surface area contributed by atoms with Crippen LogP contribution in [0.3, 0.4) is 0 Å². The molecule has 1 aliphatic heterocycles. The van der Waals surface area contributed by atoms with E-state index >= 15 is 0 Å². The summed E-state index contributed by atoms with van der Waals surface area (Å²) in [4.78, 5) is 2.54. The number of methoxy groups -OCH3 is 1. The molecule has 1 saturated heterocycles. The highest BCUT2D eigenvalue weighted by atomic mass is 16.5. The lowest BCUT2D eigenvalue weighted by atomic mass is 9.98. The van der Waals surface area contributed by atoms with Crippen LogP contribution in [0.5, 0.6) is 5.75 Å². The van der Waals surface area contributed by atoms with E-state index in [9.17, 15) is 0 Å². The largest absolute Gasteiger partial charge is 0.497 e. The third-order valence-corrected chi connectivity index (χ3v) is 3.61. The molecule has 1 atom stereocenters. The number of piperazine rings is 1. The van der Waals surface area contributed by atoms with Gasteiger partial charge in [-0.2, -0.15) is 0 Å². The van der Waals surface area contributed by atoms with Crippen LogP contribution in [-0.4, -0.2) is 38.2 Å². The van der Waals surface area contributed by atoms with E-state index in [0.717, 1.165) is 38.3 Å². The molecule has 0 amide bonds. The van der Waals surface area contributed by atoms with Crippen molar-refractivity contribution in [3.8, 4) is 5.75 Å². The molecule has 1 heterocycles. The first kappa shape index (κ1) is 14.1. The minimum absolute atomic E-state index is 0.412. The summed E-state index contributed by atoms with van der Waals surface area (Å²) in [7, 11) is 1.72. The highest BCUT2D eigenvalue weighted by Crippen LogP contribution is 2.29. The fraction of sp³-hybridized carbons (Fsp3) is 0.500. The summed E-state index contributed by atoms with van der Waals surface area (Å²) >= 11 is 0. The minimum Gasteiger partial charge on any atom is -0.497 e. The van der Waals surface area contributed by atoms with Gasteiger partial charge in [0.05, 0.1) is 7.11 Å². The zero-order chi connectivity index (χ0) is 13.7. The Morgan fingerprint density at radius 1 is 1.42 bits per heavy atom. The lowest BCUT2D eigenvalue weighted by Gasteiger charge is -2.35. The van der Waals surface area contributed by atoms with Crippen LogP contribution in [0.25, 0.3) is 0 Å². The van der Waals surface area contributed by atoms with Gasteiger partial charge in [0.15, 0.2) is 0 Å². The Kier molecular flexibility index (Phi) is 5.00. The van der Waals surface area contributed by atoms with E-state index in [-0.39, 0.29) is 0 Å². The highest BCUT2D eigenvalue weighted by Gasteiger charge is 2.22. The van der Waals surface area contributed by atoms with Gasteiger partial charge in [0.25, 0.3) is 0 Å². The minimum atomic E-state index is 0.412. The van der Waals surface area contributed by atoms with Crippen LogP contribution in [0.4, 0.5) is 0 Å². The topological polar surface area (TPSA) is 24.5 Å². The summed E-state index contributed by atoms with van der Waals surface area (Å²) in [5, 5.41) is 3.41. The molecule has 0 spiro atoms. The molecule has 0 bridgehead atoms. The normalized spacial score (nSPS) is 18.0. The zero-order valence-corrected chi connectivity index (χ0v) is 12.0. The Bertz CT molecular complexity index is 425. The van der Waals surface area contributed by atoms with Gasteiger partial charge >= 0.3 is 0 Å². The Morgan fingerprint density at radius 3 is 2.79 bits per heavy atom. The van der Waals surface area contributed by atoms with Gasteiger partial charge in [0.1, 0.15) is 5.75 Å². The van der Waals surface area contributed by atoms with Gasteiger partial charge in [-0.3, -0.25) is 4.90 Å². The highest BCUT2D eigenvalue weighted by molar-refractivity contribution is 5.31. The van der Waals surface area contributed by atoms with Crippen molar-refractivity contribution in [2.75, 3.05) is 33.3 Å². The van der Waals surface area contributed by atoms with E-state index in [0.29, 0.717) is 6.04 Å². The third-order valence-electron chi connectivity index (χ3n) is 3.61. The molecule has 19 heavy (non-hydrogen) atoms. The fourth-order valence-electron chi connectivity index (χ4n) is 2.63. The predicted octanol–water partition coefficient (Wildman–Crippen LogP) is 2.61. The summed E-state index contributed by atoms with van der Waals surface area (Å²) < 4.78 is 5.34. The maximum atomic E-state index is 5.34. The molecule has 0 unspecified atom stereocenters. The summed E-state index contributed by atoms with van der Waals surface area (Å²) in [6.45, 7) is 10.5. The van der Waals surface area contributed by atoms with Gasteiger partial charge in [-0.1, -0.05) is 17.7 Å². The SMILES string of the molecule is C=C(C)C[C@@H](c1cccc(OC)c1)N1CCNCC1. The molecule has 0 saturated carbocycles. The monoisotopic (exact) mass is 260 g/mol. The van der Waals surface area contributed by atoms with E-state index in [4.69, 9.17) is 4.74 Å². The quantitative estimate of drug-likeness (QED) is 0.824. The smallest absolute Gasteiger partial charge is 0.119 e. The Morgan fingerprint density at radius 2 is 2.16 bits per heavy atom. The lowest BCUT2D eigenvalue weighted by Crippen LogP contribution is -2.45. The van der Waals surface area contributed by atoms with Crippen molar-refractivity contribution in [3.05, 3.63) is 42.0 Å². The van der Waals surface area contributed by atoms with Crippen molar-refractivity contribution >= 4 is 0 Å². The van der Waals surface area contributed by atoms with Crippen molar-refractivity contribution in [1.29, 1.82) is 0 Å². The first-order valence-electron chi connectivity index (χ1n) is 6.94. The standard InChI is InChI=1S/C16H24N2O/c1-13(2)11-16(18-9-7-17-8-10-18)14-5-4-6-15(12-14)19-3/h4-6,12,16-17H,1,7-11H2,2-3H3/t16-/m0/s1. The molecule has 104 valence electrons. The molecule has 1 N–H and O–H groups in total. The van der Waals surface area contributed by atoms with E-state index in [2.05, 4.69) is 41.9 Å². The van der Waals surface area contributed by atoms with Gasteiger partial charge in [-0.25, -0.2) is 0 Å². The van der Waals surface area contributed by atoms with Crippen molar-refractivity contribution in [2.45, 2.75) is 19.4 Å². The van der Waals surface area contributed by atoms with Crippen LogP contribution < -0.4 is 10.1 Å². The molecular formula is C16H24N2O. The second kappa shape index (κ2) is 6.73. The molecule has 3 heteroatoms. The number of nitrogens with one attached hydrogen (secondary N) is 1. The maximum Gasteiger partial charge on any atom is 0.119 e. The van der Waals surface area contributed by atoms with Crippen LogP contribution in [0.1, 0.15) is 24.9 Å². The first-order valence-corrected chi connectivity index (χ1v) is 6.94. The van der Waals surface area contributed by atoms with Crippen molar-refractivity contribution in [2.24, 2.45) is 0 Å². The summed E-state index contributed by atoms with van der Waals surface area (Å²) in [6, 6.07) is 8.82. The average Bonchev–Trinajstić information content (AvgIpc) is 2.45. The molecule has 1 aromatic rings. The Labute approximate surface area is 116 Å². The average molecular weight is 260 g/mol. The number of hydrogen-bond donors (Lipinski definition) is 1. The summed E-state index contributed by atoms with van der Waals surface area (Å²) in [5.74, 6) is 0.930. The van der Waals surface area contributed by atoms with Crippen molar-refractivity contribution in [1.82, 2.24) is 10.2 Å². The molecule has 1 aromatic carbocycles. The molecule has 2 rings (SSSR count). The van der Waals surface area contributed by atoms with Gasteiger partial charge in [-0.15, -0.1) is 6.58 Å². The second-order valence-electron chi connectivity index (χ2n) is 5.24. The van der Waals surface area contributed by atoms with E-state index < -0.39 is 0 Å². The molecule has 1 fully saturated rings. The number of ether oxygens (including phenoxy) is 1. The number of nitrogens with zero attached hydrogens (tertiary/aromatic N) is 1. The number of benzene rings is 1. The fourth-order valence-corrected chi connectivity index (χ4v) is 2.63. The Balaban J connectivity index is 2.21. The predicted molar refractivity (Wildman–Crippen MR) is 79.6 cm³/mol. The van der Waals surface area contributed by atoms with Crippen LogP contribution in [0.2, 0.25) is 0 Å². The van der Waals surface area contributed by atoms with Crippen LogP contribution in [-0.2, 0) is 0 Å². The van der Waals surface area contributed by atoms with Gasteiger partial charge in [-0.05, 0) is 31.0 Å². The van der Waals surface area contributed by atoms with Crippen molar-refractivity contribution < 1.29 is 4.74 Å². The molecule has 0 aliphatic carbocycles. The molecule has 0 radical (unpaired) electrons. The molecule has 1 aliphatic rings. The van der Waals surface area contributed by atoms with E-state index in [1.54, 1.807) is 7.11 Å². The summed E-state index contributed by atoms with van der Waals surface area (Å²) in [6.07, 6.45) is 1.01. The lowest BCUT2D eigenvalue weighted by molar-refractivity contribution is 0.172. The Hall–Kier alpha value is -1.32. The first-order chi connectivity index (χ1) is 9.20. The third kappa shape index (κ3) is 3.82. The number of rotatable bonds is 5. The molecule has 0 aromatic heterocycles. The van der Waals surface area contributed by atoms with Crippen LogP contribution >= 0.6 is 0 Å². The van der Waals surface area contributed by atoms with E-state index in [1.807, 2.05) is 6.07 Å². The number of hydrogen-bond acceptors (Lipinski definition) is 3.